The number of rotatable bonds is 7. The maximum atomic E-state index is 6.08. The molecule has 4 heteroatoms. The topological polar surface area (TPSA) is 38.5 Å². The summed E-state index contributed by atoms with van der Waals surface area (Å²) in [7, 11) is 4.07. The van der Waals surface area contributed by atoms with Crippen LogP contribution in [0.4, 0.5) is 5.69 Å². The van der Waals surface area contributed by atoms with E-state index in [0.29, 0.717) is 24.1 Å². The smallest absolute Gasteiger partial charge is 0.137 e. The Kier molecular flexibility index (Phi) is 6.10. The summed E-state index contributed by atoms with van der Waals surface area (Å²) in [5.41, 5.74) is 8.35. The van der Waals surface area contributed by atoms with Crippen molar-refractivity contribution in [3.63, 3.8) is 0 Å². The SMILES string of the molecule is CN(C)c1ccc(C(CN)CCOc2ccccc2Cl)cc1. The normalized spacial score (nSPS) is 12.0. The maximum Gasteiger partial charge on any atom is 0.137 e. The molecule has 0 saturated heterocycles. The molecule has 0 bridgehead atoms. The van der Waals surface area contributed by atoms with Gasteiger partial charge in [-0.05, 0) is 48.7 Å². The van der Waals surface area contributed by atoms with Gasteiger partial charge in [0.15, 0.2) is 0 Å². The molecule has 0 spiro atoms. The molecule has 1 atom stereocenters. The number of hydrogen-bond acceptors (Lipinski definition) is 3. The van der Waals surface area contributed by atoms with E-state index in [0.717, 1.165) is 12.2 Å². The van der Waals surface area contributed by atoms with Crippen LogP contribution in [-0.2, 0) is 0 Å². The Labute approximate surface area is 137 Å². The first-order valence-electron chi connectivity index (χ1n) is 7.46. The molecule has 2 N–H and O–H groups in total. The molecule has 2 rings (SSSR count). The summed E-state index contributed by atoms with van der Waals surface area (Å²) in [4.78, 5) is 2.09. The number of hydrogen-bond donors (Lipinski definition) is 1. The molecule has 0 fully saturated rings. The second-order valence-corrected chi connectivity index (χ2v) is 5.89. The Morgan fingerprint density at radius 3 is 2.36 bits per heavy atom. The molecule has 2 aromatic rings. The number of halogens is 1. The zero-order valence-corrected chi connectivity index (χ0v) is 13.9. The summed E-state index contributed by atoms with van der Waals surface area (Å²) < 4.78 is 5.76. The van der Waals surface area contributed by atoms with E-state index in [4.69, 9.17) is 22.1 Å². The van der Waals surface area contributed by atoms with Gasteiger partial charge in [-0.25, -0.2) is 0 Å². The van der Waals surface area contributed by atoms with Crippen molar-refractivity contribution in [2.24, 2.45) is 5.73 Å². The molecule has 2 aromatic carbocycles. The third-order valence-corrected chi connectivity index (χ3v) is 4.04. The third-order valence-electron chi connectivity index (χ3n) is 3.73. The van der Waals surface area contributed by atoms with E-state index in [9.17, 15) is 0 Å². The van der Waals surface area contributed by atoms with Crippen molar-refractivity contribution in [1.82, 2.24) is 0 Å². The van der Waals surface area contributed by atoms with E-state index in [-0.39, 0.29) is 0 Å². The van der Waals surface area contributed by atoms with Crippen LogP contribution in [0.1, 0.15) is 17.9 Å². The van der Waals surface area contributed by atoms with Crippen molar-refractivity contribution < 1.29 is 4.74 Å². The van der Waals surface area contributed by atoms with E-state index < -0.39 is 0 Å². The summed E-state index contributed by atoms with van der Waals surface area (Å²) in [6, 6.07) is 16.0. The van der Waals surface area contributed by atoms with Gasteiger partial charge in [0.25, 0.3) is 0 Å². The Bertz CT molecular complexity index is 584. The van der Waals surface area contributed by atoms with Gasteiger partial charge in [0, 0.05) is 19.8 Å². The van der Waals surface area contributed by atoms with E-state index >= 15 is 0 Å². The minimum Gasteiger partial charge on any atom is -0.492 e. The average molecular weight is 319 g/mol. The summed E-state index contributed by atoms with van der Waals surface area (Å²) in [5, 5.41) is 0.641. The quantitative estimate of drug-likeness (QED) is 0.841. The lowest BCUT2D eigenvalue weighted by Gasteiger charge is -2.18. The van der Waals surface area contributed by atoms with Gasteiger partial charge in [-0.1, -0.05) is 35.9 Å². The molecule has 0 aliphatic carbocycles. The second kappa shape index (κ2) is 8.06. The summed E-state index contributed by atoms with van der Waals surface area (Å²) in [6.07, 6.45) is 0.864. The highest BCUT2D eigenvalue weighted by atomic mass is 35.5. The van der Waals surface area contributed by atoms with E-state index in [1.54, 1.807) is 0 Å². The molecular weight excluding hydrogens is 296 g/mol. The van der Waals surface area contributed by atoms with Crippen molar-refractivity contribution in [3.05, 3.63) is 59.1 Å². The minimum atomic E-state index is 0.290. The second-order valence-electron chi connectivity index (χ2n) is 5.49. The molecule has 0 aliphatic heterocycles. The van der Waals surface area contributed by atoms with Crippen LogP contribution in [0.2, 0.25) is 5.02 Å². The van der Waals surface area contributed by atoms with E-state index in [1.165, 1.54) is 11.3 Å². The summed E-state index contributed by atoms with van der Waals surface area (Å²) in [5.74, 6) is 1.02. The van der Waals surface area contributed by atoms with Crippen LogP contribution < -0.4 is 15.4 Å². The first-order valence-corrected chi connectivity index (χ1v) is 7.84. The Balaban J connectivity index is 1.93. The Morgan fingerprint density at radius 1 is 1.09 bits per heavy atom. The molecule has 3 nitrogen and oxygen atoms in total. The van der Waals surface area contributed by atoms with Crippen molar-refractivity contribution in [1.29, 1.82) is 0 Å². The standard InChI is InChI=1S/C18H23ClN2O/c1-21(2)16-9-7-14(8-10-16)15(13-20)11-12-22-18-6-4-3-5-17(18)19/h3-10,15H,11-13,20H2,1-2H3. The van der Waals surface area contributed by atoms with Crippen LogP contribution >= 0.6 is 11.6 Å². The molecule has 22 heavy (non-hydrogen) atoms. The van der Waals surface area contributed by atoms with Gasteiger partial charge in [0.1, 0.15) is 5.75 Å². The molecular formula is C18H23ClN2O. The van der Waals surface area contributed by atoms with Crippen molar-refractivity contribution >= 4 is 17.3 Å². The average Bonchev–Trinajstić information content (AvgIpc) is 2.53. The highest BCUT2D eigenvalue weighted by Crippen LogP contribution is 2.25. The largest absolute Gasteiger partial charge is 0.492 e. The van der Waals surface area contributed by atoms with E-state index in [2.05, 4.69) is 29.2 Å². The van der Waals surface area contributed by atoms with Gasteiger partial charge in [0.2, 0.25) is 0 Å². The molecule has 0 aromatic heterocycles. The fourth-order valence-corrected chi connectivity index (χ4v) is 2.53. The van der Waals surface area contributed by atoms with Crippen LogP contribution in [-0.4, -0.2) is 27.2 Å². The molecule has 0 saturated carbocycles. The minimum absolute atomic E-state index is 0.290. The highest BCUT2D eigenvalue weighted by Gasteiger charge is 2.11. The van der Waals surface area contributed by atoms with Crippen molar-refractivity contribution in [3.8, 4) is 5.75 Å². The van der Waals surface area contributed by atoms with Gasteiger partial charge >= 0.3 is 0 Å². The van der Waals surface area contributed by atoms with Crippen LogP contribution in [0.15, 0.2) is 48.5 Å². The first kappa shape index (κ1) is 16.7. The predicted octanol–water partition coefficient (Wildman–Crippen LogP) is 3.92. The molecule has 1 unspecified atom stereocenters. The molecule has 0 radical (unpaired) electrons. The van der Waals surface area contributed by atoms with Crippen molar-refractivity contribution in [2.75, 3.05) is 32.1 Å². The zero-order chi connectivity index (χ0) is 15.9. The molecule has 0 heterocycles. The number of nitrogens with zero attached hydrogens (tertiary/aromatic N) is 1. The highest BCUT2D eigenvalue weighted by molar-refractivity contribution is 6.32. The molecule has 0 amide bonds. The van der Waals surface area contributed by atoms with E-state index in [1.807, 2.05) is 38.4 Å². The zero-order valence-electron chi connectivity index (χ0n) is 13.1. The van der Waals surface area contributed by atoms with Crippen LogP contribution in [0.5, 0.6) is 5.75 Å². The fourth-order valence-electron chi connectivity index (χ4n) is 2.34. The maximum absolute atomic E-state index is 6.08. The summed E-state index contributed by atoms with van der Waals surface area (Å²) >= 11 is 6.08. The van der Waals surface area contributed by atoms with Gasteiger partial charge < -0.3 is 15.4 Å². The monoisotopic (exact) mass is 318 g/mol. The Morgan fingerprint density at radius 2 is 1.77 bits per heavy atom. The third kappa shape index (κ3) is 4.39. The number of nitrogens with two attached hydrogens (primary N) is 1. The summed E-state index contributed by atoms with van der Waals surface area (Å²) in [6.45, 7) is 1.20. The van der Waals surface area contributed by atoms with Crippen LogP contribution in [0, 0.1) is 0 Å². The number of benzene rings is 2. The molecule has 0 aliphatic rings. The fraction of sp³-hybridized carbons (Fsp3) is 0.333. The lowest BCUT2D eigenvalue weighted by atomic mass is 9.96. The number of ether oxygens (including phenoxy) is 1. The predicted molar refractivity (Wildman–Crippen MR) is 94.1 cm³/mol. The lowest BCUT2D eigenvalue weighted by molar-refractivity contribution is 0.298. The van der Waals surface area contributed by atoms with Crippen LogP contribution in [0.3, 0.4) is 0 Å². The van der Waals surface area contributed by atoms with Gasteiger partial charge in [-0.15, -0.1) is 0 Å². The van der Waals surface area contributed by atoms with Crippen LogP contribution in [0.25, 0.3) is 0 Å². The lowest BCUT2D eigenvalue weighted by Crippen LogP contribution is -2.16. The first-order chi connectivity index (χ1) is 10.6. The number of anilines is 1. The number of para-hydroxylation sites is 1. The van der Waals surface area contributed by atoms with Gasteiger partial charge in [0.05, 0.1) is 11.6 Å². The van der Waals surface area contributed by atoms with Crippen molar-refractivity contribution in [2.45, 2.75) is 12.3 Å². The van der Waals surface area contributed by atoms with Gasteiger partial charge in [-0.3, -0.25) is 0 Å². The molecule has 118 valence electrons. The Hall–Kier alpha value is -1.71. The van der Waals surface area contributed by atoms with Gasteiger partial charge in [-0.2, -0.15) is 0 Å².